The average molecular weight is 1370 g/mol. The summed E-state index contributed by atoms with van der Waals surface area (Å²) in [4.78, 5) is 4.07. The van der Waals surface area contributed by atoms with Crippen LogP contribution < -0.4 is 14.5 Å². The molecule has 0 saturated heterocycles. The summed E-state index contributed by atoms with van der Waals surface area (Å²) in [6.07, 6.45) is 0. The van der Waals surface area contributed by atoms with Gasteiger partial charge in [0, 0.05) is 65.7 Å². The van der Waals surface area contributed by atoms with Crippen LogP contribution in [-0.2, 0) is 10.8 Å². The maximum Gasteiger partial charge on any atom is 0.153 e. The predicted octanol–water partition coefficient (Wildman–Crippen LogP) is 27.5. The molecular weight excluding hydrogens is 1280 g/mol. The highest BCUT2D eigenvalue weighted by molar-refractivity contribution is 9.10. The number of fused-ring (bicyclic) bond motifs is 3. The molecule has 0 aliphatic heterocycles. The van der Waals surface area contributed by atoms with Gasteiger partial charge in [0.05, 0.1) is 53.0 Å². The highest BCUT2D eigenvalue weighted by Gasteiger charge is 2.32. The van der Waals surface area contributed by atoms with Crippen LogP contribution in [-0.4, -0.2) is 4.57 Å². The van der Waals surface area contributed by atoms with Crippen LogP contribution in [0.25, 0.3) is 94.3 Å². The van der Waals surface area contributed by atoms with Gasteiger partial charge in [-0.3, -0.25) is 0 Å². The van der Waals surface area contributed by atoms with Gasteiger partial charge in [0.25, 0.3) is 0 Å². The molecule has 0 fully saturated rings. The summed E-state index contributed by atoms with van der Waals surface area (Å²) in [5, 5.41) is 0.0542. The third-order valence-electron chi connectivity index (χ3n) is 17.6. The number of hydrogen-bond acceptors (Lipinski definition) is 3. The van der Waals surface area contributed by atoms with Crippen molar-refractivity contribution in [2.45, 2.75) is 52.4 Å². The van der Waals surface area contributed by atoms with E-state index in [1.807, 2.05) is 157 Å². The molecule has 4 nitrogen and oxygen atoms in total. The van der Waals surface area contributed by atoms with Gasteiger partial charge in [0.15, 0.2) is 5.75 Å². The van der Waals surface area contributed by atoms with E-state index in [4.69, 9.17) is 25.9 Å². The summed E-state index contributed by atoms with van der Waals surface area (Å²) in [7, 11) is 0. The Labute approximate surface area is 608 Å². The zero-order valence-corrected chi connectivity index (χ0v) is 57.0. The first-order valence-electron chi connectivity index (χ1n) is 39.4. The average Bonchev–Trinajstić information content (AvgIpc) is 1.44. The second-order valence-corrected chi connectivity index (χ2v) is 27.4. The lowest BCUT2D eigenvalue weighted by atomic mass is 9.81. The van der Waals surface area contributed by atoms with Crippen molar-refractivity contribution in [3.8, 4) is 83.9 Å². The number of anilines is 6. The van der Waals surface area contributed by atoms with Crippen LogP contribution >= 0.6 is 27.5 Å². The Morgan fingerprint density at radius 3 is 1.44 bits per heavy atom. The molecule has 0 N–H and O–H groups in total. The number of para-hydroxylation sites is 1. The van der Waals surface area contributed by atoms with Gasteiger partial charge in [0.1, 0.15) is 5.75 Å². The van der Waals surface area contributed by atoms with Gasteiger partial charge in [-0.2, -0.15) is 0 Å². The maximum atomic E-state index is 10.2. The number of nitrogens with zero attached hydrogens (tertiary/aromatic N) is 3. The minimum absolute atomic E-state index is 0.0570. The summed E-state index contributed by atoms with van der Waals surface area (Å²) in [5.41, 5.74) is 11.5. The maximum absolute atomic E-state index is 10.2. The third-order valence-corrected chi connectivity index (χ3v) is 18.2. The molecule has 476 valence electrons. The zero-order chi connectivity index (χ0) is 79.3. The highest BCUT2D eigenvalue weighted by atomic mass is 79.9. The molecule has 0 saturated carbocycles. The molecule has 15 rings (SSSR count). The fourth-order valence-electron chi connectivity index (χ4n) is 12.8. The smallest absolute Gasteiger partial charge is 0.153 e. The summed E-state index contributed by atoms with van der Waals surface area (Å²) < 4.78 is 140. The summed E-state index contributed by atoms with van der Waals surface area (Å²) >= 11 is 11.6. The number of halogens is 2. The molecule has 0 spiro atoms. The molecule has 0 amide bonds. The molecule has 15 aromatic rings. The van der Waals surface area contributed by atoms with Crippen molar-refractivity contribution in [2.24, 2.45) is 0 Å². The van der Waals surface area contributed by atoms with Gasteiger partial charge in [-0.15, -0.1) is 0 Å². The predicted molar refractivity (Wildman–Crippen MR) is 419 cm³/mol. The molecule has 0 unspecified atom stereocenters. The van der Waals surface area contributed by atoms with Crippen molar-refractivity contribution < 1.29 is 23.9 Å². The second-order valence-electron chi connectivity index (χ2n) is 26.1. The van der Waals surface area contributed by atoms with Crippen molar-refractivity contribution in [2.75, 3.05) is 9.80 Å². The lowest BCUT2D eigenvalue weighted by Gasteiger charge is -2.35. The zero-order valence-electron chi connectivity index (χ0n) is 68.7. The Bertz CT molecular complexity index is 6120. The minimum Gasteiger partial charge on any atom is -0.455 e. The van der Waals surface area contributed by atoms with E-state index in [-0.39, 0.29) is 78.0 Å². The molecule has 14 aromatic carbocycles. The number of ether oxygens (including phenoxy) is 1. The van der Waals surface area contributed by atoms with E-state index >= 15 is 0 Å². The van der Waals surface area contributed by atoms with Crippen LogP contribution in [0.15, 0.2) is 338 Å². The van der Waals surface area contributed by atoms with E-state index < -0.39 is 77.0 Å². The Morgan fingerprint density at radius 2 is 0.888 bits per heavy atom. The molecule has 0 bridgehead atoms. The van der Waals surface area contributed by atoms with Crippen molar-refractivity contribution in [1.82, 2.24) is 4.57 Å². The van der Waals surface area contributed by atoms with Crippen molar-refractivity contribution in [1.29, 1.82) is 0 Å². The fraction of sp³-hybridized carbons (Fsp3) is 0.0870. The molecule has 0 radical (unpaired) electrons. The van der Waals surface area contributed by atoms with Crippen LogP contribution in [0.1, 0.15) is 71.9 Å². The quantitative estimate of drug-likeness (QED) is 0.102. The molecule has 1 heterocycles. The normalized spacial score (nSPS) is 13.7. The third kappa shape index (κ3) is 12.6. The fourth-order valence-corrected chi connectivity index (χ4v) is 13.3. The SMILES string of the molecule is [2H]c1cc(N(c2cc(Cl)cc(N(c3ccc(-n4c5cc([2H])c([2H])c([2H])c5c5c([2H])c(-c6c([2H])c([2H])c([2H])c([2H])c6[2H])c([2H])c([2H])c54)cc3Oc3cccc(-c4ccccc4)c3)c3c(-c4ccccc4)cc(C(C)(C)C)cc3-c3ccccc3)c2)c2c(-c3ccccc3)cc(C(C)(C)C)cc2-c2ccccc2)c([2H])c(Br)c1[2H]. The van der Waals surface area contributed by atoms with Crippen molar-refractivity contribution in [3.63, 3.8) is 0 Å². The summed E-state index contributed by atoms with van der Waals surface area (Å²) in [6.45, 7) is 13.0. The summed E-state index contributed by atoms with van der Waals surface area (Å²) in [6, 6.07) is 73.4. The summed E-state index contributed by atoms with van der Waals surface area (Å²) in [5.74, 6) is 0.542. The van der Waals surface area contributed by atoms with E-state index in [9.17, 15) is 9.60 Å². The van der Waals surface area contributed by atoms with Gasteiger partial charge < -0.3 is 19.1 Å². The Morgan fingerprint density at radius 1 is 0.378 bits per heavy atom. The molecule has 98 heavy (non-hydrogen) atoms. The van der Waals surface area contributed by atoms with Crippen LogP contribution in [0.2, 0.25) is 5.02 Å². The molecule has 0 atom stereocenters. The molecule has 0 aliphatic carbocycles. The largest absolute Gasteiger partial charge is 0.455 e. The molecule has 1 aromatic heterocycles. The van der Waals surface area contributed by atoms with Crippen LogP contribution in [0.4, 0.5) is 34.1 Å². The first-order chi connectivity index (χ1) is 53.5. The van der Waals surface area contributed by atoms with Gasteiger partial charge in [0.2, 0.25) is 0 Å². The van der Waals surface area contributed by atoms with Gasteiger partial charge >= 0.3 is 0 Å². The van der Waals surface area contributed by atoms with Gasteiger partial charge in [-0.25, -0.2) is 0 Å². The first-order valence-corrected chi connectivity index (χ1v) is 33.5. The van der Waals surface area contributed by atoms with E-state index in [0.29, 0.717) is 34.2 Å². The minimum atomic E-state index is -0.714. The van der Waals surface area contributed by atoms with E-state index in [1.165, 1.54) is 6.07 Å². The van der Waals surface area contributed by atoms with Crippen LogP contribution in [0, 0.1) is 0 Å². The van der Waals surface area contributed by atoms with Crippen molar-refractivity contribution in [3.05, 3.63) is 354 Å². The lowest BCUT2D eigenvalue weighted by Crippen LogP contribution is -2.18. The van der Waals surface area contributed by atoms with Crippen LogP contribution in [0.5, 0.6) is 11.5 Å². The molecule has 6 heteroatoms. The standard InChI is InChI=1S/C92H73BrClN3O/c1-91(2,3)70-53-80(64-33-17-9-18-34-64)89(81(54-70)65-35-19-10-20-36-65)95(74-43-28-42-72(93)57-74)76-58-73(94)59-77(60-76)97(90-82(66-37-21-11-22-38-66)55-71(92(4,5)6)56-83(90)67-39-23-12-24-40-67)87-50-48-75(61-88(87)98-78-44-27-41-68(51-78)62-29-13-7-14-30-62)96-85-46-26-25-45-79(85)84-52-69(47-49-86(84)96)63-31-15-8-16-32-63/h7-61H,1-6H3/i8D,15D,16D,25D,26D,28D,31D,32D,42D,45D,47D,49D,52D,57D. The number of benzene rings is 14. The van der Waals surface area contributed by atoms with Crippen LogP contribution in [0.3, 0.4) is 0 Å². The second kappa shape index (κ2) is 26.6. The Balaban J connectivity index is 1.12. The Kier molecular flexibility index (Phi) is 13.2. The van der Waals surface area contributed by atoms with Gasteiger partial charge in [-0.1, -0.05) is 293 Å². The highest BCUT2D eigenvalue weighted by Crippen LogP contribution is 2.55. The van der Waals surface area contributed by atoms with Gasteiger partial charge in [-0.05, 0) is 169 Å². The first kappa shape index (κ1) is 48.7. The van der Waals surface area contributed by atoms with E-state index in [1.54, 1.807) is 22.8 Å². The number of rotatable bonds is 15. The monoisotopic (exact) mass is 1360 g/mol. The molecular formula is C92H73BrClN3O. The topological polar surface area (TPSA) is 20.6 Å². The lowest BCUT2D eigenvalue weighted by molar-refractivity contribution is 0.484. The Hall–Kier alpha value is -11.0. The van der Waals surface area contributed by atoms with Crippen molar-refractivity contribution >= 4 is 83.5 Å². The number of aromatic nitrogens is 1. The van der Waals surface area contributed by atoms with E-state index in [0.717, 1.165) is 66.8 Å². The van der Waals surface area contributed by atoms with E-state index in [2.05, 4.69) is 135 Å². The number of hydrogen-bond donors (Lipinski definition) is 0. The molecule has 0 aliphatic rings.